The van der Waals surface area contributed by atoms with Crippen LogP contribution in [0.15, 0.2) is 65.6 Å². The molecule has 12 heteroatoms. The third-order valence-corrected chi connectivity index (χ3v) is 7.09. The number of carbonyl (C=O) groups excluding carboxylic acids is 1. The molecule has 0 fully saturated rings. The van der Waals surface area contributed by atoms with Crippen LogP contribution in [-0.2, 0) is 21.0 Å². The molecule has 0 saturated carbocycles. The van der Waals surface area contributed by atoms with Crippen molar-refractivity contribution >= 4 is 27.3 Å². The Morgan fingerprint density at radius 3 is 2.53 bits per heavy atom. The van der Waals surface area contributed by atoms with Crippen molar-refractivity contribution in [2.24, 2.45) is 0 Å². The van der Waals surface area contributed by atoms with Gasteiger partial charge in [-0.25, -0.2) is 8.42 Å². The van der Waals surface area contributed by atoms with Crippen molar-refractivity contribution in [2.45, 2.75) is 18.0 Å². The molecule has 0 aromatic heterocycles. The van der Waals surface area contributed by atoms with Gasteiger partial charge in [-0.3, -0.25) is 9.10 Å². The second-order valence-corrected chi connectivity index (χ2v) is 9.66. The average Bonchev–Trinajstić information content (AvgIpc) is 3.30. The van der Waals surface area contributed by atoms with Crippen LogP contribution in [0, 0.1) is 6.92 Å². The molecule has 36 heavy (non-hydrogen) atoms. The number of rotatable bonds is 7. The summed E-state index contributed by atoms with van der Waals surface area (Å²) < 4.78 is 83.9. The van der Waals surface area contributed by atoms with E-state index in [1.165, 1.54) is 37.4 Å². The first-order chi connectivity index (χ1) is 17.0. The van der Waals surface area contributed by atoms with E-state index in [1.807, 2.05) is 0 Å². The molecule has 8 nitrogen and oxygen atoms in total. The smallest absolute Gasteiger partial charge is 0.416 e. The predicted molar refractivity (Wildman–Crippen MR) is 125 cm³/mol. The fraction of sp³-hybridized carbons (Fsp3) is 0.208. The third-order valence-electron chi connectivity index (χ3n) is 5.29. The molecule has 1 N–H and O–H groups in total. The Balaban J connectivity index is 1.73. The summed E-state index contributed by atoms with van der Waals surface area (Å²) in [6.07, 6.45) is -4.72. The largest absolute Gasteiger partial charge is 0.495 e. The molecule has 3 aromatic rings. The van der Waals surface area contributed by atoms with Crippen molar-refractivity contribution in [3.8, 4) is 17.2 Å². The van der Waals surface area contributed by atoms with Gasteiger partial charge in [0.25, 0.3) is 10.0 Å². The quantitative estimate of drug-likeness (QED) is 0.488. The number of hydrogen-bond acceptors (Lipinski definition) is 6. The van der Waals surface area contributed by atoms with E-state index in [0.29, 0.717) is 33.1 Å². The number of fused-ring (bicyclic) bond motifs is 1. The minimum atomic E-state index is -4.72. The van der Waals surface area contributed by atoms with Crippen molar-refractivity contribution < 1.29 is 40.6 Å². The van der Waals surface area contributed by atoms with Gasteiger partial charge in [-0.1, -0.05) is 12.1 Å². The second kappa shape index (κ2) is 9.61. The van der Waals surface area contributed by atoms with Crippen LogP contribution in [0.3, 0.4) is 0 Å². The Hall–Kier alpha value is -3.93. The first kappa shape index (κ1) is 25.2. The van der Waals surface area contributed by atoms with Crippen molar-refractivity contribution in [3.05, 3.63) is 71.8 Å². The topological polar surface area (TPSA) is 94.2 Å². The summed E-state index contributed by atoms with van der Waals surface area (Å²) in [7, 11) is -3.27. The number of nitrogens with zero attached hydrogens (tertiary/aromatic N) is 1. The molecule has 0 bridgehead atoms. The normalized spacial score (nSPS) is 12.8. The van der Waals surface area contributed by atoms with Crippen molar-refractivity contribution in [1.82, 2.24) is 0 Å². The lowest BCUT2D eigenvalue weighted by molar-refractivity contribution is -0.137. The summed E-state index contributed by atoms with van der Waals surface area (Å²) in [5.74, 6) is 0.0580. The highest BCUT2D eigenvalue weighted by atomic mass is 32.2. The van der Waals surface area contributed by atoms with Crippen molar-refractivity contribution in [2.75, 3.05) is 30.1 Å². The third kappa shape index (κ3) is 5.18. The van der Waals surface area contributed by atoms with E-state index in [4.69, 9.17) is 14.2 Å². The van der Waals surface area contributed by atoms with E-state index in [-0.39, 0.29) is 23.1 Å². The van der Waals surface area contributed by atoms with Gasteiger partial charge >= 0.3 is 6.18 Å². The molecule has 0 unspecified atom stereocenters. The number of methoxy groups -OCH3 is 1. The zero-order chi connectivity index (χ0) is 26.1. The Bertz CT molecular complexity index is 1410. The Kier molecular flexibility index (Phi) is 6.72. The number of alkyl halides is 3. The molecule has 1 aliphatic heterocycles. The molecule has 1 amide bonds. The van der Waals surface area contributed by atoms with Gasteiger partial charge in [-0.2, -0.15) is 13.2 Å². The molecule has 3 aromatic carbocycles. The highest BCUT2D eigenvalue weighted by Crippen LogP contribution is 2.36. The predicted octanol–water partition coefficient (Wildman–Crippen LogP) is 4.59. The molecular formula is C24H21F3N2O6S. The number of anilines is 2. The fourth-order valence-corrected chi connectivity index (χ4v) is 5.22. The van der Waals surface area contributed by atoms with Crippen LogP contribution in [0.4, 0.5) is 24.5 Å². The van der Waals surface area contributed by atoms with Crippen LogP contribution in [0.25, 0.3) is 0 Å². The van der Waals surface area contributed by atoms with E-state index in [2.05, 4.69) is 5.32 Å². The van der Waals surface area contributed by atoms with Gasteiger partial charge in [0.05, 0.1) is 18.4 Å². The van der Waals surface area contributed by atoms with E-state index >= 15 is 0 Å². The lowest BCUT2D eigenvalue weighted by atomic mass is 10.2. The van der Waals surface area contributed by atoms with E-state index in [0.717, 1.165) is 12.1 Å². The number of sulfonamides is 1. The lowest BCUT2D eigenvalue weighted by Crippen LogP contribution is -2.38. The summed E-state index contributed by atoms with van der Waals surface area (Å²) in [6.45, 7) is 0.862. The first-order valence-electron chi connectivity index (χ1n) is 10.5. The monoisotopic (exact) mass is 522 g/mol. The van der Waals surface area contributed by atoms with Gasteiger partial charge in [0.1, 0.15) is 17.2 Å². The van der Waals surface area contributed by atoms with Gasteiger partial charge in [0.15, 0.2) is 11.5 Å². The van der Waals surface area contributed by atoms with Crippen LogP contribution < -0.4 is 23.8 Å². The maximum absolute atomic E-state index is 13.7. The maximum Gasteiger partial charge on any atom is 0.416 e. The molecule has 0 saturated heterocycles. The zero-order valence-corrected chi connectivity index (χ0v) is 19.9. The van der Waals surface area contributed by atoms with Gasteiger partial charge < -0.3 is 19.5 Å². The number of carbonyl (C=O) groups is 1. The number of aryl methyl sites for hydroxylation is 1. The van der Waals surface area contributed by atoms with Crippen molar-refractivity contribution in [1.29, 1.82) is 0 Å². The highest BCUT2D eigenvalue weighted by Gasteiger charge is 2.34. The Morgan fingerprint density at radius 2 is 1.81 bits per heavy atom. The van der Waals surface area contributed by atoms with Gasteiger partial charge in [0, 0.05) is 11.8 Å². The van der Waals surface area contributed by atoms with E-state index in [9.17, 15) is 26.4 Å². The van der Waals surface area contributed by atoms with Crippen LogP contribution in [0.1, 0.15) is 11.1 Å². The number of amides is 1. The molecule has 1 aliphatic rings. The van der Waals surface area contributed by atoms with Gasteiger partial charge in [-0.05, 0) is 55.0 Å². The van der Waals surface area contributed by atoms with Crippen LogP contribution in [0.5, 0.6) is 17.2 Å². The van der Waals surface area contributed by atoms with E-state index in [1.54, 1.807) is 19.1 Å². The molecule has 1 heterocycles. The van der Waals surface area contributed by atoms with Crippen LogP contribution >= 0.6 is 0 Å². The Labute approximate surface area is 205 Å². The summed E-state index contributed by atoms with van der Waals surface area (Å²) in [5.41, 5.74) is -0.538. The zero-order valence-electron chi connectivity index (χ0n) is 19.1. The van der Waals surface area contributed by atoms with Gasteiger partial charge in [0.2, 0.25) is 12.7 Å². The van der Waals surface area contributed by atoms with Crippen molar-refractivity contribution in [3.63, 3.8) is 0 Å². The molecule has 0 aliphatic carbocycles. The summed E-state index contributed by atoms with van der Waals surface area (Å²) in [4.78, 5) is 12.6. The van der Waals surface area contributed by atoms with Crippen LogP contribution in [-0.4, -0.2) is 34.8 Å². The second-order valence-electron chi connectivity index (χ2n) is 7.83. The molecule has 0 atom stereocenters. The molecule has 4 rings (SSSR count). The lowest BCUT2D eigenvalue weighted by Gasteiger charge is -2.26. The summed E-state index contributed by atoms with van der Waals surface area (Å²) >= 11 is 0. The first-order valence-corrected chi connectivity index (χ1v) is 12.0. The molecule has 190 valence electrons. The highest BCUT2D eigenvalue weighted by molar-refractivity contribution is 7.93. The standard InChI is InChI=1S/C24H21F3N2O6S/c1-15-6-8-20(33-2)22(10-15)36(31,32)29(18-5-3-4-16(11-18)24(25,26)27)13-23(30)28-17-7-9-19-21(12-17)35-14-34-19/h3-12H,13-14H2,1-2H3,(H,28,30). The maximum atomic E-state index is 13.7. The number of ether oxygens (including phenoxy) is 3. The van der Waals surface area contributed by atoms with E-state index < -0.39 is 34.2 Å². The summed E-state index contributed by atoms with van der Waals surface area (Å²) in [6, 6.07) is 12.7. The fourth-order valence-electron chi connectivity index (χ4n) is 3.56. The SMILES string of the molecule is COc1ccc(C)cc1S(=O)(=O)N(CC(=O)Nc1ccc2c(c1)OCO2)c1cccc(C(F)(F)F)c1. The number of halogens is 3. The minimum absolute atomic E-state index is 0.0197. The minimum Gasteiger partial charge on any atom is -0.495 e. The number of hydrogen-bond donors (Lipinski definition) is 1. The number of benzene rings is 3. The number of nitrogens with one attached hydrogen (secondary N) is 1. The average molecular weight is 523 g/mol. The molecule has 0 spiro atoms. The Morgan fingerprint density at radius 1 is 1.06 bits per heavy atom. The molecular weight excluding hydrogens is 501 g/mol. The molecule has 0 radical (unpaired) electrons. The summed E-state index contributed by atoms with van der Waals surface area (Å²) in [5, 5.41) is 2.55. The van der Waals surface area contributed by atoms with Gasteiger partial charge in [-0.15, -0.1) is 0 Å². The van der Waals surface area contributed by atoms with Crippen LogP contribution in [0.2, 0.25) is 0 Å².